The molecule has 0 saturated carbocycles. The van der Waals surface area contributed by atoms with Gasteiger partial charge in [0.05, 0.1) is 5.60 Å². The lowest BCUT2D eigenvalue weighted by Crippen LogP contribution is -2.24. The Balaban J connectivity index is 2.46. The topological polar surface area (TPSA) is 46.2 Å². The molecular formula is C14H17NO. The highest BCUT2D eigenvalue weighted by Gasteiger charge is 2.21. The van der Waals surface area contributed by atoms with Crippen LogP contribution in [0.15, 0.2) is 42.5 Å². The Morgan fingerprint density at radius 2 is 1.81 bits per heavy atom. The maximum atomic E-state index is 10.3. The van der Waals surface area contributed by atoms with Gasteiger partial charge in [-0.05, 0) is 42.3 Å². The van der Waals surface area contributed by atoms with Crippen molar-refractivity contribution in [3.8, 4) is 0 Å². The van der Waals surface area contributed by atoms with E-state index in [4.69, 9.17) is 5.73 Å². The highest BCUT2D eigenvalue weighted by molar-refractivity contribution is 5.83. The average molecular weight is 215 g/mol. The lowest BCUT2D eigenvalue weighted by Gasteiger charge is -2.23. The SMILES string of the molecule is CC(O)(CCN)c1ccc2ccccc2c1. The third-order valence-corrected chi connectivity index (χ3v) is 3.00. The van der Waals surface area contributed by atoms with Gasteiger partial charge in [0, 0.05) is 0 Å². The largest absolute Gasteiger partial charge is 0.385 e. The van der Waals surface area contributed by atoms with E-state index in [1.54, 1.807) is 0 Å². The summed E-state index contributed by atoms with van der Waals surface area (Å²) in [5, 5.41) is 12.6. The van der Waals surface area contributed by atoms with E-state index in [1.807, 2.05) is 37.3 Å². The van der Waals surface area contributed by atoms with Gasteiger partial charge in [-0.2, -0.15) is 0 Å². The van der Waals surface area contributed by atoms with Gasteiger partial charge in [0.1, 0.15) is 0 Å². The Labute approximate surface area is 95.7 Å². The molecule has 0 spiro atoms. The molecule has 0 aliphatic carbocycles. The van der Waals surface area contributed by atoms with Crippen LogP contribution in [-0.2, 0) is 5.60 Å². The molecule has 0 fully saturated rings. The van der Waals surface area contributed by atoms with Crippen molar-refractivity contribution in [2.75, 3.05) is 6.54 Å². The number of fused-ring (bicyclic) bond motifs is 1. The lowest BCUT2D eigenvalue weighted by atomic mass is 9.91. The van der Waals surface area contributed by atoms with Crippen LogP contribution in [0.3, 0.4) is 0 Å². The van der Waals surface area contributed by atoms with Crippen LogP contribution in [0.25, 0.3) is 10.8 Å². The number of rotatable bonds is 3. The van der Waals surface area contributed by atoms with Gasteiger partial charge in [-0.25, -0.2) is 0 Å². The van der Waals surface area contributed by atoms with E-state index in [0.29, 0.717) is 13.0 Å². The van der Waals surface area contributed by atoms with Gasteiger partial charge in [0.15, 0.2) is 0 Å². The van der Waals surface area contributed by atoms with Gasteiger partial charge >= 0.3 is 0 Å². The van der Waals surface area contributed by atoms with Crippen molar-refractivity contribution in [1.29, 1.82) is 0 Å². The molecule has 1 atom stereocenters. The predicted octanol–water partition coefficient (Wildman–Crippen LogP) is 2.40. The third-order valence-electron chi connectivity index (χ3n) is 3.00. The van der Waals surface area contributed by atoms with Crippen molar-refractivity contribution in [2.24, 2.45) is 5.73 Å². The molecule has 0 aromatic heterocycles. The van der Waals surface area contributed by atoms with E-state index in [2.05, 4.69) is 12.1 Å². The first-order chi connectivity index (χ1) is 7.63. The standard InChI is InChI=1S/C14H17NO/c1-14(16,8-9-15)13-7-6-11-4-2-3-5-12(11)10-13/h2-7,10,16H,8-9,15H2,1H3. The van der Waals surface area contributed by atoms with Gasteiger partial charge in [-0.15, -0.1) is 0 Å². The summed E-state index contributed by atoms with van der Waals surface area (Å²) in [4.78, 5) is 0. The van der Waals surface area contributed by atoms with Gasteiger partial charge < -0.3 is 10.8 Å². The zero-order valence-electron chi connectivity index (χ0n) is 9.48. The van der Waals surface area contributed by atoms with Crippen LogP contribution in [0, 0.1) is 0 Å². The van der Waals surface area contributed by atoms with E-state index >= 15 is 0 Å². The van der Waals surface area contributed by atoms with Crippen LogP contribution >= 0.6 is 0 Å². The van der Waals surface area contributed by atoms with E-state index in [9.17, 15) is 5.11 Å². The van der Waals surface area contributed by atoms with E-state index in [-0.39, 0.29) is 0 Å². The van der Waals surface area contributed by atoms with Crippen molar-refractivity contribution in [2.45, 2.75) is 18.9 Å². The van der Waals surface area contributed by atoms with Crippen LogP contribution in [0.4, 0.5) is 0 Å². The van der Waals surface area contributed by atoms with Gasteiger partial charge in [0.2, 0.25) is 0 Å². The second-order valence-electron chi connectivity index (χ2n) is 4.37. The van der Waals surface area contributed by atoms with Crippen molar-refractivity contribution in [1.82, 2.24) is 0 Å². The van der Waals surface area contributed by atoms with E-state index in [1.165, 1.54) is 5.39 Å². The zero-order chi connectivity index (χ0) is 11.6. The van der Waals surface area contributed by atoms with Crippen LogP contribution < -0.4 is 5.73 Å². The van der Waals surface area contributed by atoms with Crippen LogP contribution in [-0.4, -0.2) is 11.7 Å². The van der Waals surface area contributed by atoms with Gasteiger partial charge in [0.25, 0.3) is 0 Å². The highest BCUT2D eigenvalue weighted by atomic mass is 16.3. The Morgan fingerprint density at radius 1 is 1.12 bits per heavy atom. The number of hydrogen-bond acceptors (Lipinski definition) is 2. The lowest BCUT2D eigenvalue weighted by molar-refractivity contribution is 0.0505. The van der Waals surface area contributed by atoms with Crippen LogP contribution in [0.2, 0.25) is 0 Å². The van der Waals surface area contributed by atoms with E-state index in [0.717, 1.165) is 10.9 Å². The third kappa shape index (κ3) is 2.08. The average Bonchev–Trinajstić information content (AvgIpc) is 2.28. The summed E-state index contributed by atoms with van der Waals surface area (Å²) in [7, 11) is 0. The molecule has 1 unspecified atom stereocenters. The summed E-state index contributed by atoms with van der Waals surface area (Å²) in [6.45, 7) is 2.30. The number of benzene rings is 2. The predicted molar refractivity (Wildman–Crippen MR) is 67.2 cm³/mol. The Bertz CT molecular complexity index is 491. The molecule has 0 aliphatic rings. The minimum atomic E-state index is -0.835. The van der Waals surface area contributed by atoms with Crippen molar-refractivity contribution >= 4 is 10.8 Å². The van der Waals surface area contributed by atoms with Gasteiger partial charge in [-0.1, -0.05) is 36.4 Å². The Morgan fingerprint density at radius 3 is 2.50 bits per heavy atom. The van der Waals surface area contributed by atoms with Crippen molar-refractivity contribution < 1.29 is 5.11 Å². The summed E-state index contributed by atoms with van der Waals surface area (Å²) in [6.07, 6.45) is 0.575. The second kappa shape index (κ2) is 4.24. The number of aliphatic hydroxyl groups is 1. The molecule has 3 N–H and O–H groups in total. The van der Waals surface area contributed by atoms with Crippen LogP contribution in [0.5, 0.6) is 0 Å². The number of nitrogens with two attached hydrogens (primary N) is 1. The zero-order valence-corrected chi connectivity index (χ0v) is 9.48. The smallest absolute Gasteiger partial charge is 0.0880 e. The minimum absolute atomic E-state index is 0.486. The number of hydrogen-bond donors (Lipinski definition) is 2. The van der Waals surface area contributed by atoms with Crippen molar-refractivity contribution in [3.63, 3.8) is 0 Å². The molecule has 0 bridgehead atoms. The quantitative estimate of drug-likeness (QED) is 0.825. The maximum Gasteiger partial charge on any atom is 0.0880 e. The summed E-state index contributed by atoms with van der Waals surface area (Å²) >= 11 is 0. The molecule has 2 aromatic rings. The molecule has 0 aliphatic heterocycles. The molecule has 2 nitrogen and oxygen atoms in total. The molecule has 2 aromatic carbocycles. The molecule has 2 heteroatoms. The van der Waals surface area contributed by atoms with Gasteiger partial charge in [-0.3, -0.25) is 0 Å². The fourth-order valence-corrected chi connectivity index (χ4v) is 1.95. The first-order valence-electron chi connectivity index (χ1n) is 5.55. The van der Waals surface area contributed by atoms with Crippen molar-refractivity contribution in [3.05, 3.63) is 48.0 Å². The monoisotopic (exact) mass is 215 g/mol. The van der Waals surface area contributed by atoms with Crippen LogP contribution in [0.1, 0.15) is 18.9 Å². The Hall–Kier alpha value is -1.38. The van der Waals surface area contributed by atoms with E-state index < -0.39 is 5.60 Å². The normalized spacial score (nSPS) is 14.9. The molecular weight excluding hydrogens is 198 g/mol. The molecule has 0 heterocycles. The summed E-state index contributed by atoms with van der Waals surface area (Å²) < 4.78 is 0. The molecule has 0 amide bonds. The fourth-order valence-electron chi connectivity index (χ4n) is 1.95. The fraction of sp³-hybridized carbons (Fsp3) is 0.286. The molecule has 0 radical (unpaired) electrons. The Kier molecular flexibility index (Phi) is 2.95. The molecule has 16 heavy (non-hydrogen) atoms. The molecule has 2 rings (SSSR count). The summed E-state index contributed by atoms with van der Waals surface area (Å²) in [6, 6.07) is 14.2. The minimum Gasteiger partial charge on any atom is -0.385 e. The molecule has 0 saturated heterocycles. The first-order valence-corrected chi connectivity index (χ1v) is 5.55. The summed E-state index contributed by atoms with van der Waals surface area (Å²) in [5.74, 6) is 0. The highest BCUT2D eigenvalue weighted by Crippen LogP contribution is 2.27. The first kappa shape index (κ1) is 11.1. The summed E-state index contributed by atoms with van der Waals surface area (Å²) in [5.41, 5.74) is 5.60. The maximum absolute atomic E-state index is 10.3. The molecule has 84 valence electrons. The second-order valence-corrected chi connectivity index (χ2v) is 4.37.